The summed E-state index contributed by atoms with van der Waals surface area (Å²) in [6, 6.07) is 4.91. The van der Waals surface area contributed by atoms with Gasteiger partial charge in [-0.2, -0.15) is 0 Å². The van der Waals surface area contributed by atoms with Crippen LogP contribution in [0.4, 0.5) is 16.2 Å². The summed E-state index contributed by atoms with van der Waals surface area (Å²) in [7, 11) is 0. The minimum atomic E-state index is -0.658. The van der Waals surface area contributed by atoms with Crippen molar-refractivity contribution in [2.45, 2.75) is 70.3 Å². The summed E-state index contributed by atoms with van der Waals surface area (Å²) in [5, 5.41) is 8.76. The highest BCUT2D eigenvalue weighted by Gasteiger charge is 2.47. The number of hydrogen-bond acceptors (Lipinski definition) is 5. The number of nitrogens with one attached hydrogen (secondary N) is 3. The summed E-state index contributed by atoms with van der Waals surface area (Å²) in [6.07, 6.45) is 5.80. The minimum Gasteiger partial charge on any atom is -0.449 e. The zero-order valence-corrected chi connectivity index (χ0v) is 19.6. The van der Waals surface area contributed by atoms with Crippen LogP contribution in [-0.4, -0.2) is 43.8 Å². The van der Waals surface area contributed by atoms with E-state index in [0.29, 0.717) is 38.3 Å². The molecule has 1 atom stereocenters. The first-order chi connectivity index (χ1) is 15.9. The molecular weight excluding hydrogens is 422 g/mol. The topological polar surface area (TPSA) is 106 Å². The molecule has 8 nitrogen and oxygen atoms in total. The fourth-order valence-corrected chi connectivity index (χ4v) is 5.22. The molecule has 0 bridgehead atoms. The third-order valence-electron chi connectivity index (χ3n) is 7.06. The van der Waals surface area contributed by atoms with Crippen LogP contribution in [0, 0.1) is 11.8 Å². The molecular formula is C25H35N3O5. The van der Waals surface area contributed by atoms with Crippen molar-refractivity contribution in [2.24, 2.45) is 11.8 Å². The SMILES string of the molecule is CC(C)COC(=O)NC(C(=O)Nc1ccc2c(c1)NC(=O)C21CCOCC1)C1CCCCC1. The molecule has 2 aliphatic heterocycles. The maximum Gasteiger partial charge on any atom is 0.407 e. The van der Waals surface area contributed by atoms with Crippen molar-refractivity contribution in [3.63, 3.8) is 0 Å². The molecule has 2 heterocycles. The molecule has 4 rings (SSSR count). The minimum absolute atomic E-state index is 0.000997. The molecule has 0 radical (unpaired) electrons. The van der Waals surface area contributed by atoms with E-state index in [0.717, 1.165) is 43.4 Å². The van der Waals surface area contributed by atoms with E-state index in [1.807, 2.05) is 32.0 Å². The molecule has 8 heteroatoms. The molecule has 0 aromatic heterocycles. The van der Waals surface area contributed by atoms with Crippen LogP contribution in [0.1, 0.15) is 64.4 Å². The van der Waals surface area contributed by atoms with E-state index < -0.39 is 17.6 Å². The van der Waals surface area contributed by atoms with E-state index in [9.17, 15) is 14.4 Å². The second kappa shape index (κ2) is 10.1. The van der Waals surface area contributed by atoms with Gasteiger partial charge in [-0.15, -0.1) is 0 Å². The number of benzene rings is 1. The number of amides is 3. The Bertz CT molecular complexity index is 888. The zero-order valence-electron chi connectivity index (χ0n) is 19.6. The van der Waals surface area contributed by atoms with Gasteiger partial charge in [0.25, 0.3) is 0 Å². The number of hydrogen-bond donors (Lipinski definition) is 3. The Morgan fingerprint density at radius 1 is 1.18 bits per heavy atom. The van der Waals surface area contributed by atoms with Crippen LogP contribution in [-0.2, 0) is 24.5 Å². The predicted molar refractivity (Wildman–Crippen MR) is 125 cm³/mol. The Labute approximate surface area is 195 Å². The monoisotopic (exact) mass is 457 g/mol. The van der Waals surface area contributed by atoms with Gasteiger partial charge in [-0.3, -0.25) is 9.59 Å². The summed E-state index contributed by atoms with van der Waals surface area (Å²) in [5.74, 6) is 0.0377. The Kier molecular flexibility index (Phi) is 7.22. The van der Waals surface area contributed by atoms with Gasteiger partial charge in [0.2, 0.25) is 11.8 Å². The van der Waals surface area contributed by atoms with E-state index in [1.165, 1.54) is 0 Å². The zero-order chi connectivity index (χ0) is 23.4. The number of fused-ring (bicyclic) bond motifs is 2. The third kappa shape index (κ3) is 5.16. The number of rotatable bonds is 6. The molecule has 1 unspecified atom stereocenters. The van der Waals surface area contributed by atoms with E-state index in [1.54, 1.807) is 0 Å². The third-order valence-corrected chi connectivity index (χ3v) is 7.06. The van der Waals surface area contributed by atoms with Crippen molar-refractivity contribution >= 4 is 29.3 Å². The van der Waals surface area contributed by atoms with E-state index in [4.69, 9.17) is 9.47 Å². The maximum absolute atomic E-state index is 13.3. The number of anilines is 2. The van der Waals surface area contributed by atoms with Crippen LogP contribution in [0.15, 0.2) is 18.2 Å². The number of ether oxygens (including phenoxy) is 2. The smallest absolute Gasteiger partial charge is 0.407 e. The van der Waals surface area contributed by atoms with Crippen LogP contribution in [0.5, 0.6) is 0 Å². The highest BCUT2D eigenvalue weighted by atomic mass is 16.5. The lowest BCUT2D eigenvalue weighted by atomic mass is 9.75. The molecule has 1 saturated carbocycles. The average molecular weight is 458 g/mol. The average Bonchev–Trinajstić information content (AvgIpc) is 3.07. The molecule has 1 saturated heterocycles. The fourth-order valence-electron chi connectivity index (χ4n) is 5.22. The van der Waals surface area contributed by atoms with Crippen molar-refractivity contribution in [3.8, 4) is 0 Å². The fraction of sp³-hybridized carbons (Fsp3) is 0.640. The first-order valence-electron chi connectivity index (χ1n) is 12.2. The Morgan fingerprint density at radius 3 is 2.61 bits per heavy atom. The van der Waals surface area contributed by atoms with Gasteiger partial charge in [-0.25, -0.2) is 4.79 Å². The first kappa shape index (κ1) is 23.5. The second-order valence-corrected chi connectivity index (χ2v) is 9.91. The Balaban J connectivity index is 1.48. The van der Waals surface area contributed by atoms with E-state index in [-0.39, 0.29) is 23.7 Å². The first-order valence-corrected chi connectivity index (χ1v) is 12.2. The lowest BCUT2D eigenvalue weighted by Crippen LogP contribution is -2.49. The molecule has 33 heavy (non-hydrogen) atoms. The highest BCUT2D eigenvalue weighted by molar-refractivity contribution is 6.07. The summed E-state index contributed by atoms with van der Waals surface area (Å²) < 4.78 is 10.7. The summed E-state index contributed by atoms with van der Waals surface area (Å²) in [4.78, 5) is 38.4. The standard InChI is InChI=1S/C25H35N3O5/c1-16(2)15-33-24(31)28-21(17-6-4-3-5-7-17)22(29)26-18-8-9-19-20(14-18)27-23(30)25(19)10-12-32-13-11-25/h8-9,14,16-17,21H,3-7,10-13,15H2,1-2H3,(H,26,29)(H,27,30)(H,28,31). The van der Waals surface area contributed by atoms with Gasteiger partial charge in [0.05, 0.1) is 12.0 Å². The Morgan fingerprint density at radius 2 is 1.91 bits per heavy atom. The van der Waals surface area contributed by atoms with Crippen LogP contribution in [0.3, 0.4) is 0 Å². The summed E-state index contributed by atoms with van der Waals surface area (Å²) in [5.41, 5.74) is 1.76. The van der Waals surface area contributed by atoms with Gasteiger partial charge in [-0.05, 0) is 55.2 Å². The predicted octanol–water partition coefficient (Wildman–Crippen LogP) is 3.96. The van der Waals surface area contributed by atoms with Gasteiger partial charge >= 0.3 is 6.09 Å². The van der Waals surface area contributed by atoms with Crippen LogP contribution in [0.25, 0.3) is 0 Å². The molecule has 180 valence electrons. The van der Waals surface area contributed by atoms with Gasteiger partial charge in [0, 0.05) is 24.6 Å². The second-order valence-electron chi connectivity index (χ2n) is 9.91. The van der Waals surface area contributed by atoms with Crippen molar-refractivity contribution in [3.05, 3.63) is 23.8 Å². The number of carbonyl (C=O) groups is 3. The number of carbonyl (C=O) groups excluding carboxylic acids is 3. The maximum atomic E-state index is 13.3. The van der Waals surface area contributed by atoms with Crippen LogP contribution >= 0.6 is 0 Å². The van der Waals surface area contributed by atoms with Crippen molar-refractivity contribution in [1.29, 1.82) is 0 Å². The van der Waals surface area contributed by atoms with Crippen LogP contribution in [0.2, 0.25) is 0 Å². The lowest BCUT2D eigenvalue weighted by Gasteiger charge is -2.31. The Hall–Kier alpha value is -2.61. The summed E-state index contributed by atoms with van der Waals surface area (Å²) >= 11 is 0. The van der Waals surface area contributed by atoms with Crippen molar-refractivity contribution in [2.75, 3.05) is 30.5 Å². The van der Waals surface area contributed by atoms with Crippen LogP contribution < -0.4 is 16.0 Å². The molecule has 1 spiro atoms. The van der Waals surface area contributed by atoms with E-state index >= 15 is 0 Å². The van der Waals surface area contributed by atoms with Gasteiger partial charge in [0.15, 0.2) is 0 Å². The normalized spacial score (nSPS) is 20.8. The molecule has 3 aliphatic rings. The molecule has 1 aromatic rings. The largest absolute Gasteiger partial charge is 0.449 e. The lowest BCUT2D eigenvalue weighted by molar-refractivity contribution is -0.124. The van der Waals surface area contributed by atoms with Crippen molar-refractivity contribution in [1.82, 2.24) is 5.32 Å². The molecule has 3 amide bonds. The van der Waals surface area contributed by atoms with Gasteiger partial charge < -0.3 is 25.4 Å². The van der Waals surface area contributed by atoms with Gasteiger partial charge in [-0.1, -0.05) is 39.2 Å². The molecule has 1 aromatic carbocycles. The molecule has 1 aliphatic carbocycles. The van der Waals surface area contributed by atoms with Crippen molar-refractivity contribution < 1.29 is 23.9 Å². The number of alkyl carbamates (subject to hydrolysis) is 1. The molecule has 2 fully saturated rings. The highest BCUT2D eigenvalue weighted by Crippen LogP contribution is 2.45. The van der Waals surface area contributed by atoms with Gasteiger partial charge in [0.1, 0.15) is 6.04 Å². The molecule has 3 N–H and O–H groups in total. The quantitative estimate of drug-likeness (QED) is 0.600. The summed E-state index contributed by atoms with van der Waals surface area (Å²) in [6.45, 7) is 5.37. The van der Waals surface area contributed by atoms with E-state index in [2.05, 4.69) is 16.0 Å².